The largest absolute Gasteiger partial charge is 0.351 e. The van der Waals surface area contributed by atoms with Gasteiger partial charge in [-0.25, -0.2) is 0 Å². The number of fused-ring (bicyclic) bond motifs is 1. The van der Waals surface area contributed by atoms with Gasteiger partial charge in [-0.15, -0.1) is 0 Å². The summed E-state index contributed by atoms with van der Waals surface area (Å²) in [6, 6.07) is 0.360. The minimum atomic E-state index is -0.148. The van der Waals surface area contributed by atoms with E-state index in [0.717, 1.165) is 31.8 Å². The Labute approximate surface area is 150 Å². The average Bonchev–Trinajstić information content (AvgIpc) is 3.34. The van der Waals surface area contributed by atoms with E-state index in [2.05, 4.69) is 33.3 Å². The van der Waals surface area contributed by atoms with Gasteiger partial charge < -0.3 is 5.32 Å². The molecule has 7 atom stereocenters. The SMILES string of the molecule is CCC1NC(C2CCC3C(CC[C@H]3NC(=O)C3NCCN3C)C2)NO1. The molecule has 142 valence electrons. The van der Waals surface area contributed by atoms with E-state index in [1.54, 1.807) is 0 Å². The number of likely N-dealkylation sites (N-methyl/N-ethyl adjacent to an activating group) is 1. The molecule has 0 bridgehead atoms. The van der Waals surface area contributed by atoms with E-state index in [1.807, 2.05) is 7.05 Å². The van der Waals surface area contributed by atoms with Crippen LogP contribution in [-0.4, -0.2) is 55.5 Å². The molecule has 6 unspecified atom stereocenters. The molecular weight excluding hydrogens is 318 g/mol. The van der Waals surface area contributed by atoms with Crippen molar-refractivity contribution in [2.24, 2.45) is 17.8 Å². The lowest BCUT2D eigenvalue weighted by Crippen LogP contribution is -2.52. The first kappa shape index (κ1) is 17.7. The Kier molecular flexibility index (Phi) is 5.29. The van der Waals surface area contributed by atoms with Crippen LogP contribution in [0, 0.1) is 17.8 Å². The Balaban J connectivity index is 1.29. The third-order valence-corrected chi connectivity index (χ3v) is 6.81. The number of amides is 1. The molecule has 2 saturated heterocycles. The smallest absolute Gasteiger partial charge is 0.252 e. The van der Waals surface area contributed by atoms with E-state index in [1.165, 1.54) is 25.7 Å². The van der Waals surface area contributed by atoms with Crippen molar-refractivity contribution in [3.05, 3.63) is 0 Å². The van der Waals surface area contributed by atoms with Crippen LogP contribution in [0.2, 0.25) is 0 Å². The van der Waals surface area contributed by atoms with E-state index < -0.39 is 0 Å². The number of hydrogen-bond donors (Lipinski definition) is 4. The van der Waals surface area contributed by atoms with Gasteiger partial charge in [0.2, 0.25) is 0 Å². The first-order chi connectivity index (χ1) is 12.2. The zero-order chi connectivity index (χ0) is 17.4. The maximum absolute atomic E-state index is 12.6. The van der Waals surface area contributed by atoms with Crippen LogP contribution < -0.4 is 21.4 Å². The molecule has 1 amide bonds. The van der Waals surface area contributed by atoms with Crippen molar-refractivity contribution in [3.63, 3.8) is 0 Å². The summed E-state index contributed by atoms with van der Waals surface area (Å²) in [6.07, 6.45) is 7.30. The fourth-order valence-electron chi connectivity index (χ4n) is 5.35. The third kappa shape index (κ3) is 3.57. The van der Waals surface area contributed by atoms with Crippen LogP contribution in [0.1, 0.15) is 45.4 Å². The van der Waals surface area contributed by atoms with Gasteiger partial charge in [-0.1, -0.05) is 6.92 Å². The first-order valence-corrected chi connectivity index (χ1v) is 10.1. The van der Waals surface area contributed by atoms with Gasteiger partial charge in [-0.05, 0) is 63.3 Å². The highest BCUT2D eigenvalue weighted by Gasteiger charge is 2.44. The summed E-state index contributed by atoms with van der Waals surface area (Å²) in [5.74, 6) is 2.18. The lowest BCUT2D eigenvalue weighted by atomic mass is 9.74. The van der Waals surface area contributed by atoms with Gasteiger partial charge in [0.05, 0.1) is 6.17 Å². The maximum Gasteiger partial charge on any atom is 0.252 e. The highest BCUT2D eigenvalue weighted by atomic mass is 16.7. The molecule has 4 rings (SSSR count). The van der Waals surface area contributed by atoms with Crippen LogP contribution in [-0.2, 0) is 9.63 Å². The van der Waals surface area contributed by atoms with Crippen LogP contribution in [0.15, 0.2) is 0 Å². The molecule has 2 saturated carbocycles. The second-order valence-electron chi connectivity index (χ2n) is 8.30. The number of hydroxylamine groups is 1. The standard InChI is InChI=1S/C18H33N5O2/c1-3-15-21-16(22-25-15)12-4-6-13-11(10-12)5-7-14(13)20-18(24)17-19-8-9-23(17)2/h11-17,19,21-22H,3-10H2,1-2H3,(H,20,24)/t11?,12?,13?,14-,15?,16?,17?/m1/s1. The molecule has 2 heterocycles. The summed E-state index contributed by atoms with van der Waals surface area (Å²) in [6.45, 7) is 3.98. The van der Waals surface area contributed by atoms with E-state index in [-0.39, 0.29) is 24.5 Å². The number of nitrogens with zero attached hydrogens (tertiary/aromatic N) is 1. The quantitative estimate of drug-likeness (QED) is 0.585. The van der Waals surface area contributed by atoms with Crippen LogP contribution in [0.3, 0.4) is 0 Å². The molecular formula is C18H33N5O2. The van der Waals surface area contributed by atoms with Crippen molar-refractivity contribution in [1.29, 1.82) is 0 Å². The van der Waals surface area contributed by atoms with Gasteiger partial charge in [-0.3, -0.25) is 25.2 Å². The zero-order valence-electron chi connectivity index (χ0n) is 15.5. The van der Waals surface area contributed by atoms with Crippen LogP contribution in [0.25, 0.3) is 0 Å². The van der Waals surface area contributed by atoms with Crippen LogP contribution in [0.5, 0.6) is 0 Å². The van der Waals surface area contributed by atoms with Crippen molar-refractivity contribution in [2.75, 3.05) is 20.1 Å². The molecule has 7 nitrogen and oxygen atoms in total. The number of hydrogen-bond acceptors (Lipinski definition) is 6. The highest BCUT2D eigenvalue weighted by Crippen LogP contribution is 2.45. The maximum atomic E-state index is 12.6. The van der Waals surface area contributed by atoms with Gasteiger partial charge in [0.1, 0.15) is 12.4 Å². The van der Waals surface area contributed by atoms with Crippen LogP contribution in [0.4, 0.5) is 0 Å². The third-order valence-electron chi connectivity index (χ3n) is 6.81. The number of carbonyl (C=O) groups is 1. The normalized spacial score (nSPS) is 44.8. The van der Waals surface area contributed by atoms with E-state index >= 15 is 0 Å². The summed E-state index contributed by atoms with van der Waals surface area (Å²) in [7, 11) is 2.01. The topological polar surface area (TPSA) is 77.7 Å². The predicted octanol–water partition coefficient (Wildman–Crippen LogP) is 0.345. The van der Waals surface area contributed by atoms with Gasteiger partial charge in [0, 0.05) is 19.1 Å². The molecule has 25 heavy (non-hydrogen) atoms. The van der Waals surface area contributed by atoms with Crippen molar-refractivity contribution in [3.8, 4) is 0 Å². The summed E-state index contributed by atoms with van der Waals surface area (Å²) in [5.41, 5.74) is 3.20. The molecule has 2 aliphatic carbocycles. The number of carbonyl (C=O) groups excluding carboxylic acids is 1. The predicted molar refractivity (Wildman–Crippen MR) is 95.1 cm³/mol. The fourth-order valence-corrected chi connectivity index (χ4v) is 5.35. The highest BCUT2D eigenvalue weighted by molar-refractivity contribution is 5.82. The second kappa shape index (κ2) is 7.48. The average molecular weight is 351 g/mol. The van der Waals surface area contributed by atoms with Crippen molar-refractivity contribution in [1.82, 2.24) is 26.3 Å². The molecule has 0 aromatic heterocycles. The molecule has 4 fully saturated rings. The monoisotopic (exact) mass is 351 g/mol. The summed E-state index contributed by atoms with van der Waals surface area (Å²) >= 11 is 0. The Morgan fingerprint density at radius 2 is 2.08 bits per heavy atom. The molecule has 4 N–H and O–H groups in total. The van der Waals surface area contributed by atoms with Gasteiger partial charge in [-0.2, -0.15) is 5.48 Å². The van der Waals surface area contributed by atoms with E-state index in [4.69, 9.17) is 4.84 Å². The second-order valence-corrected chi connectivity index (χ2v) is 8.30. The van der Waals surface area contributed by atoms with E-state index in [0.29, 0.717) is 17.9 Å². The minimum absolute atomic E-state index is 0.147. The zero-order valence-corrected chi connectivity index (χ0v) is 15.5. The first-order valence-electron chi connectivity index (χ1n) is 10.1. The Hall–Kier alpha value is -0.730. The number of rotatable bonds is 4. The fraction of sp³-hybridized carbons (Fsp3) is 0.944. The van der Waals surface area contributed by atoms with Gasteiger partial charge >= 0.3 is 0 Å². The van der Waals surface area contributed by atoms with Crippen molar-refractivity contribution >= 4 is 5.91 Å². The van der Waals surface area contributed by atoms with Gasteiger partial charge in [0.15, 0.2) is 0 Å². The summed E-state index contributed by atoms with van der Waals surface area (Å²) in [5, 5.41) is 10.2. The van der Waals surface area contributed by atoms with Crippen LogP contribution >= 0.6 is 0 Å². The summed E-state index contributed by atoms with van der Waals surface area (Å²) in [4.78, 5) is 20.3. The van der Waals surface area contributed by atoms with Crippen molar-refractivity contribution in [2.45, 2.75) is 70.0 Å². The Bertz CT molecular complexity index is 490. The molecule has 0 aromatic rings. The minimum Gasteiger partial charge on any atom is -0.351 e. The summed E-state index contributed by atoms with van der Waals surface area (Å²) < 4.78 is 0. The lowest BCUT2D eigenvalue weighted by Gasteiger charge is -2.37. The molecule has 2 aliphatic heterocycles. The van der Waals surface area contributed by atoms with Gasteiger partial charge in [0.25, 0.3) is 5.91 Å². The lowest BCUT2D eigenvalue weighted by molar-refractivity contribution is -0.126. The van der Waals surface area contributed by atoms with E-state index in [9.17, 15) is 4.79 Å². The Morgan fingerprint density at radius 3 is 2.80 bits per heavy atom. The molecule has 4 aliphatic rings. The number of nitrogens with one attached hydrogen (secondary N) is 4. The Morgan fingerprint density at radius 1 is 1.24 bits per heavy atom. The molecule has 0 radical (unpaired) electrons. The molecule has 7 heteroatoms. The van der Waals surface area contributed by atoms with Crippen molar-refractivity contribution < 1.29 is 9.63 Å². The molecule has 0 aromatic carbocycles. The molecule has 0 spiro atoms.